The molecule has 1 aliphatic rings. The quantitative estimate of drug-likeness (QED) is 0.610. The van der Waals surface area contributed by atoms with Gasteiger partial charge in [0.15, 0.2) is 0 Å². The number of benzene rings is 1. The largest absolute Gasteiger partial charge is 0.433 e. The standard InChI is InChI=1S/C18H17F4N5O3S/c1-17(9-31(29,30)27(2)16(23)26-17)11-8-10(6-7-12(11)19)24-15(28)13-4-3-5-14(25-13)18(20,21)22/h3-8H,9H2,1-2H3,(H2,23,26)(H,24,28)/t17-/m0/s1. The van der Waals surface area contributed by atoms with Gasteiger partial charge in [-0.05, 0) is 37.3 Å². The lowest BCUT2D eigenvalue weighted by molar-refractivity contribution is -0.141. The summed E-state index contributed by atoms with van der Waals surface area (Å²) in [4.78, 5) is 15.6. The molecule has 166 valence electrons. The number of nitrogens with one attached hydrogen (secondary N) is 3. The summed E-state index contributed by atoms with van der Waals surface area (Å²) in [6.45, 7) is 1.38. The van der Waals surface area contributed by atoms with E-state index in [0.29, 0.717) is 0 Å². The van der Waals surface area contributed by atoms with Crippen LogP contribution in [0.2, 0.25) is 0 Å². The third kappa shape index (κ3) is 4.45. The first-order valence-electron chi connectivity index (χ1n) is 8.72. The summed E-state index contributed by atoms with van der Waals surface area (Å²) in [5, 5.41) is 12.8. The number of carbonyl (C=O) groups is 1. The number of hydrogen-bond donors (Lipinski definition) is 3. The van der Waals surface area contributed by atoms with Crippen LogP contribution in [0.5, 0.6) is 0 Å². The molecule has 2 aromatic rings. The van der Waals surface area contributed by atoms with E-state index < -0.39 is 56.6 Å². The second-order valence-electron chi connectivity index (χ2n) is 7.08. The molecular formula is C18H17F4N5O3S. The molecule has 3 rings (SSSR count). The zero-order valence-electron chi connectivity index (χ0n) is 16.2. The Morgan fingerprint density at radius 2 is 1.97 bits per heavy atom. The summed E-state index contributed by atoms with van der Waals surface area (Å²) in [6.07, 6.45) is -4.73. The van der Waals surface area contributed by atoms with Crippen LogP contribution < -0.4 is 10.6 Å². The molecule has 0 radical (unpaired) electrons. The lowest BCUT2D eigenvalue weighted by Crippen LogP contribution is -2.61. The second-order valence-corrected chi connectivity index (χ2v) is 9.08. The minimum Gasteiger partial charge on any atom is -0.345 e. The van der Waals surface area contributed by atoms with Crippen molar-refractivity contribution in [3.8, 4) is 0 Å². The number of amides is 1. The maximum absolute atomic E-state index is 14.6. The van der Waals surface area contributed by atoms with Gasteiger partial charge in [-0.25, -0.2) is 22.1 Å². The van der Waals surface area contributed by atoms with Crippen LogP contribution in [0.25, 0.3) is 0 Å². The van der Waals surface area contributed by atoms with E-state index in [9.17, 15) is 30.8 Å². The van der Waals surface area contributed by atoms with E-state index in [-0.39, 0.29) is 11.3 Å². The van der Waals surface area contributed by atoms with Gasteiger partial charge in [0, 0.05) is 18.3 Å². The molecule has 2 heterocycles. The molecule has 1 saturated heterocycles. The number of anilines is 1. The first-order chi connectivity index (χ1) is 14.2. The number of guanidine groups is 1. The van der Waals surface area contributed by atoms with Crippen molar-refractivity contribution in [2.75, 3.05) is 18.1 Å². The Morgan fingerprint density at radius 3 is 2.58 bits per heavy atom. The SMILES string of the molecule is CN1C(=N)N[C@](C)(c2cc(NC(=O)c3cccc(C(F)(F)F)n3)ccc2F)CS1(=O)=O. The van der Waals surface area contributed by atoms with Crippen LogP contribution in [0.1, 0.15) is 28.7 Å². The molecule has 1 atom stereocenters. The molecule has 0 unspecified atom stereocenters. The second kappa shape index (κ2) is 7.48. The van der Waals surface area contributed by atoms with Crippen LogP contribution in [-0.4, -0.2) is 42.4 Å². The Labute approximate surface area is 174 Å². The molecule has 8 nitrogen and oxygen atoms in total. The minimum atomic E-state index is -4.73. The highest BCUT2D eigenvalue weighted by Crippen LogP contribution is 2.32. The maximum Gasteiger partial charge on any atom is 0.433 e. The van der Waals surface area contributed by atoms with Crippen molar-refractivity contribution in [1.82, 2.24) is 14.6 Å². The van der Waals surface area contributed by atoms with Gasteiger partial charge in [-0.1, -0.05) is 6.07 Å². The molecule has 1 fully saturated rings. The summed E-state index contributed by atoms with van der Waals surface area (Å²) in [6, 6.07) is 6.13. The van der Waals surface area contributed by atoms with Crippen LogP contribution in [0.3, 0.4) is 0 Å². The molecule has 1 aromatic heterocycles. The van der Waals surface area contributed by atoms with E-state index in [0.717, 1.165) is 34.6 Å². The van der Waals surface area contributed by atoms with E-state index >= 15 is 0 Å². The van der Waals surface area contributed by atoms with Crippen molar-refractivity contribution in [3.63, 3.8) is 0 Å². The van der Waals surface area contributed by atoms with Crippen LogP contribution >= 0.6 is 0 Å². The van der Waals surface area contributed by atoms with Gasteiger partial charge in [0.2, 0.25) is 16.0 Å². The van der Waals surface area contributed by atoms with E-state index in [2.05, 4.69) is 15.6 Å². The van der Waals surface area contributed by atoms with Crippen molar-refractivity contribution in [1.29, 1.82) is 5.41 Å². The van der Waals surface area contributed by atoms with Crippen molar-refractivity contribution in [3.05, 3.63) is 59.2 Å². The molecule has 31 heavy (non-hydrogen) atoms. The van der Waals surface area contributed by atoms with Gasteiger partial charge < -0.3 is 10.6 Å². The van der Waals surface area contributed by atoms with Gasteiger partial charge in [-0.2, -0.15) is 13.2 Å². The van der Waals surface area contributed by atoms with Gasteiger partial charge >= 0.3 is 6.18 Å². The molecule has 0 bridgehead atoms. The predicted molar refractivity (Wildman–Crippen MR) is 103 cm³/mol. The maximum atomic E-state index is 14.6. The topological polar surface area (TPSA) is 115 Å². The zero-order valence-corrected chi connectivity index (χ0v) is 17.0. The number of pyridine rings is 1. The predicted octanol–water partition coefficient (Wildman–Crippen LogP) is 2.51. The molecule has 0 spiro atoms. The average molecular weight is 459 g/mol. The number of sulfonamides is 1. The molecule has 1 aromatic carbocycles. The average Bonchev–Trinajstić information content (AvgIpc) is 2.66. The number of rotatable bonds is 3. The Hall–Kier alpha value is -3.22. The van der Waals surface area contributed by atoms with E-state index in [1.54, 1.807) is 0 Å². The van der Waals surface area contributed by atoms with Gasteiger partial charge in [0.25, 0.3) is 5.91 Å². The summed E-state index contributed by atoms with van der Waals surface area (Å²) in [5.41, 5.74) is -3.42. The van der Waals surface area contributed by atoms with Crippen molar-refractivity contribution in [2.45, 2.75) is 18.6 Å². The van der Waals surface area contributed by atoms with Gasteiger partial charge in [-0.3, -0.25) is 10.2 Å². The van der Waals surface area contributed by atoms with E-state index in [4.69, 9.17) is 5.41 Å². The van der Waals surface area contributed by atoms with Gasteiger partial charge in [0.1, 0.15) is 17.2 Å². The monoisotopic (exact) mass is 459 g/mol. The summed E-state index contributed by atoms with van der Waals surface area (Å²) in [5.74, 6) is -2.79. The zero-order chi connectivity index (χ0) is 23.2. The summed E-state index contributed by atoms with van der Waals surface area (Å²) >= 11 is 0. The molecule has 1 amide bonds. The third-order valence-electron chi connectivity index (χ3n) is 4.69. The fraction of sp³-hybridized carbons (Fsp3) is 0.278. The Morgan fingerprint density at radius 1 is 1.29 bits per heavy atom. The Balaban J connectivity index is 1.92. The summed E-state index contributed by atoms with van der Waals surface area (Å²) < 4.78 is 78.3. The lowest BCUT2D eigenvalue weighted by atomic mass is 9.93. The molecule has 0 saturated carbocycles. The lowest BCUT2D eigenvalue weighted by Gasteiger charge is -2.40. The normalized spacial score (nSPS) is 20.8. The highest BCUT2D eigenvalue weighted by Gasteiger charge is 2.43. The molecule has 3 N–H and O–H groups in total. The number of carbonyl (C=O) groups excluding carboxylic acids is 1. The van der Waals surface area contributed by atoms with Crippen LogP contribution in [0.4, 0.5) is 23.2 Å². The van der Waals surface area contributed by atoms with Gasteiger partial charge in [-0.15, -0.1) is 0 Å². The smallest absolute Gasteiger partial charge is 0.345 e. The molecule has 13 heteroatoms. The number of nitrogens with zero attached hydrogens (tertiary/aromatic N) is 2. The fourth-order valence-electron chi connectivity index (χ4n) is 3.06. The third-order valence-corrected chi connectivity index (χ3v) is 6.65. The van der Waals surface area contributed by atoms with Crippen molar-refractivity contribution in [2.24, 2.45) is 0 Å². The molecule has 0 aliphatic carbocycles. The van der Waals surface area contributed by atoms with Crippen LogP contribution in [0.15, 0.2) is 36.4 Å². The number of alkyl halides is 3. The molecular weight excluding hydrogens is 442 g/mol. The fourth-order valence-corrected chi connectivity index (χ4v) is 4.54. The minimum absolute atomic E-state index is 0.00601. The molecule has 1 aliphatic heterocycles. The van der Waals surface area contributed by atoms with Crippen molar-refractivity contribution >= 4 is 27.6 Å². The van der Waals surface area contributed by atoms with Gasteiger partial charge in [0.05, 0.1) is 11.3 Å². The van der Waals surface area contributed by atoms with Crippen LogP contribution in [0, 0.1) is 11.2 Å². The Kier molecular flexibility index (Phi) is 5.42. The summed E-state index contributed by atoms with van der Waals surface area (Å²) in [7, 11) is -2.73. The first-order valence-corrected chi connectivity index (χ1v) is 10.3. The highest BCUT2D eigenvalue weighted by atomic mass is 32.2. The van der Waals surface area contributed by atoms with Crippen molar-refractivity contribution < 1.29 is 30.8 Å². The number of hydrogen-bond acceptors (Lipinski definition) is 5. The number of aromatic nitrogens is 1. The highest BCUT2D eigenvalue weighted by molar-refractivity contribution is 7.89. The van der Waals surface area contributed by atoms with E-state index in [1.165, 1.54) is 20.0 Å². The number of halogens is 4. The van der Waals surface area contributed by atoms with E-state index in [1.807, 2.05) is 0 Å². The van der Waals surface area contributed by atoms with Crippen LogP contribution in [-0.2, 0) is 21.7 Å². The Bertz CT molecular complexity index is 1170. The first kappa shape index (κ1) is 22.5.